The summed E-state index contributed by atoms with van der Waals surface area (Å²) in [4.78, 5) is 0. The Bertz CT molecular complexity index is 959. The van der Waals surface area contributed by atoms with Crippen LogP contribution in [0.25, 0.3) is 11.1 Å². The summed E-state index contributed by atoms with van der Waals surface area (Å²) in [6, 6.07) is 11.2. The molecule has 1 heterocycles. The fraction of sp³-hybridized carbons (Fsp3) is 0.391. The van der Waals surface area contributed by atoms with Crippen LogP contribution in [0.3, 0.4) is 0 Å². The van der Waals surface area contributed by atoms with Crippen molar-refractivity contribution in [3.63, 3.8) is 0 Å². The first-order valence-corrected chi connectivity index (χ1v) is 9.87. The van der Waals surface area contributed by atoms with E-state index in [2.05, 4.69) is 0 Å². The van der Waals surface area contributed by atoms with E-state index in [1.807, 2.05) is 44.2 Å². The van der Waals surface area contributed by atoms with Gasteiger partial charge >= 0.3 is 0 Å². The molecule has 1 aliphatic rings. The molecule has 5 N–H and O–H groups in total. The molecule has 2 aromatic rings. The van der Waals surface area contributed by atoms with Crippen LogP contribution in [0.2, 0.25) is 0 Å². The number of nitrogens with one attached hydrogen (secondary N) is 2. The smallest absolute Gasteiger partial charge is 0.220 e. The summed E-state index contributed by atoms with van der Waals surface area (Å²) in [5, 5.41) is 45.4. The maximum Gasteiger partial charge on any atom is 0.220 e. The van der Waals surface area contributed by atoms with Gasteiger partial charge in [-0.1, -0.05) is 18.2 Å². The molecule has 0 saturated carbocycles. The second-order valence-electron chi connectivity index (χ2n) is 7.75. The molecule has 30 heavy (non-hydrogen) atoms. The fourth-order valence-electron chi connectivity index (χ4n) is 3.77. The van der Waals surface area contributed by atoms with Gasteiger partial charge in [-0.15, -0.1) is 0 Å². The number of hydrogen-bond acceptors (Lipinski definition) is 7. The lowest BCUT2D eigenvalue weighted by atomic mass is 9.89. The molecule has 2 aromatic carbocycles. The molecular formula is C23H28N2O5. The molecule has 0 amide bonds. The second-order valence-corrected chi connectivity index (χ2v) is 7.75. The minimum absolute atomic E-state index is 0.0420. The first kappa shape index (κ1) is 22.1. The van der Waals surface area contributed by atoms with Crippen LogP contribution < -0.4 is 0 Å². The van der Waals surface area contributed by atoms with Gasteiger partial charge in [0.25, 0.3) is 0 Å². The van der Waals surface area contributed by atoms with Crippen molar-refractivity contribution in [2.75, 3.05) is 6.61 Å². The molecule has 1 aliphatic heterocycles. The molecule has 0 spiro atoms. The minimum atomic E-state index is -1.08. The van der Waals surface area contributed by atoms with Crippen LogP contribution in [0.15, 0.2) is 36.4 Å². The molecule has 7 nitrogen and oxygen atoms in total. The molecule has 0 radical (unpaired) electrons. The van der Waals surface area contributed by atoms with Gasteiger partial charge in [-0.3, -0.25) is 10.8 Å². The van der Waals surface area contributed by atoms with E-state index in [4.69, 9.17) is 20.3 Å². The Hall–Kier alpha value is -2.58. The van der Waals surface area contributed by atoms with Crippen LogP contribution in [-0.2, 0) is 9.47 Å². The van der Waals surface area contributed by atoms with Crippen molar-refractivity contribution in [2.45, 2.75) is 51.6 Å². The van der Waals surface area contributed by atoms with Crippen molar-refractivity contribution >= 4 is 11.8 Å². The van der Waals surface area contributed by atoms with E-state index < -0.39 is 24.4 Å². The summed E-state index contributed by atoms with van der Waals surface area (Å²) in [5.74, 6) is -0.120. The molecule has 1 saturated heterocycles. The lowest BCUT2D eigenvalue weighted by molar-refractivity contribution is -0.179. The third kappa shape index (κ3) is 4.60. The Labute approximate surface area is 175 Å². The molecular weight excluding hydrogens is 384 g/mol. The maximum absolute atomic E-state index is 10.4. The number of benzene rings is 2. The third-order valence-electron chi connectivity index (χ3n) is 5.38. The molecule has 0 bridgehead atoms. The van der Waals surface area contributed by atoms with Gasteiger partial charge in [0.2, 0.25) is 5.90 Å². The summed E-state index contributed by atoms with van der Waals surface area (Å²) < 4.78 is 10.9. The van der Waals surface area contributed by atoms with Crippen molar-refractivity contribution < 1.29 is 24.8 Å². The van der Waals surface area contributed by atoms with Crippen molar-refractivity contribution in [1.82, 2.24) is 0 Å². The minimum Gasteiger partial charge on any atom is -0.426 e. The van der Waals surface area contributed by atoms with Crippen molar-refractivity contribution in [2.24, 2.45) is 0 Å². The predicted octanol–water partition coefficient (Wildman–Crippen LogP) is 2.85. The van der Waals surface area contributed by atoms with Crippen LogP contribution in [0.4, 0.5) is 0 Å². The largest absolute Gasteiger partial charge is 0.426 e. The van der Waals surface area contributed by atoms with E-state index >= 15 is 0 Å². The highest BCUT2D eigenvalue weighted by Gasteiger charge is 2.37. The molecule has 7 heteroatoms. The Kier molecular flexibility index (Phi) is 6.67. The standard InChI is InChI=1S/C23H28N2O5/c1-12-4-5-15(22-21(28)20(27)10-17(11-26)30-22)9-19(12)18-7-6-16(8-13(18)2)23(25)29-14(3)24/h4-9,17,20-22,24-28H,10-11H2,1-3H3/t17?,20?,21?,22-/m1/s1. The molecule has 160 valence electrons. The summed E-state index contributed by atoms with van der Waals surface area (Å²) >= 11 is 0. The zero-order valence-corrected chi connectivity index (χ0v) is 17.3. The van der Waals surface area contributed by atoms with Gasteiger partial charge in [0, 0.05) is 18.9 Å². The van der Waals surface area contributed by atoms with Crippen LogP contribution in [0.1, 0.15) is 41.7 Å². The van der Waals surface area contributed by atoms with Crippen LogP contribution >= 0.6 is 0 Å². The van der Waals surface area contributed by atoms with Crippen LogP contribution in [0, 0.1) is 24.7 Å². The van der Waals surface area contributed by atoms with E-state index in [0.717, 1.165) is 27.8 Å². The normalized spacial score (nSPS) is 23.8. The van der Waals surface area contributed by atoms with Crippen molar-refractivity contribution in [1.29, 1.82) is 10.8 Å². The lowest BCUT2D eigenvalue weighted by Crippen LogP contribution is -2.44. The van der Waals surface area contributed by atoms with Gasteiger partial charge < -0.3 is 24.8 Å². The first-order valence-electron chi connectivity index (χ1n) is 9.87. The monoisotopic (exact) mass is 412 g/mol. The summed E-state index contributed by atoms with van der Waals surface area (Å²) in [6.07, 6.45) is -3.11. The fourth-order valence-corrected chi connectivity index (χ4v) is 3.77. The molecule has 4 atom stereocenters. The van der Waals surface area contributed by atoms with Gasteiger partial charge in [-0.2, -0.15) is 0 Å². The van der Waals surface area contributed by atoms with Gasteiger partial charge in [0.1, 0.15) is 12.2 Å². The number of aliphatic hydroxyl groups is 3. The Balaban J connectivity index is 1.96. The van der Waals surface area contributed by atoms with E-state index in [1.54, 1.807) is 6.07 Å². The summed E-state index contributed by atoms with van der Waals surface area (Å²) in [5.41, 5.74) is 5.17. The third-order valence-corrected chi connectivity index (χ3v) is 5.38. The molecule has 3 unspecified atom stereocenters. The number of aliphatic hydroxyl groups excluding tert-OH is 3. The molecule has 0 aromatic heterocycles. The number of aryl methyl sites for hydroxylation is 2. The van der Waals surface area contributed by atoms with Crippen LogP contribution in [-0.4, -0.2) is 52.0 Å². The Morgan fingerprint density at radius 1 is 1.07 bits per heavy atom. The highest BCUT2D eigenvalue weighted by atomic mass is 16.5. The average Bonchev–Trinajstić information content (AvgIpc) is 2.70. The van der Waals surface area contributed by atoms with E-state index in [0.29, 0.717) is 5.56 Å². The molecule has 1 fully saturated rings. The first-order chi connectivity index (χ1) is 14.2. The highest BCUT2D eigenvalue weighted by Crippen LogP contribution is 2.36. The number of ether oxygens (including phenoxy) is 2. The molecule has 3 rings (SSSR count). The predicted molar refractivity (Wildman–Crippen MR) is 114 cm³/mol. The summed E-state index contributed by atoms with van der Waals surface area (Å²) in [6.45, 7) is 5.18. The highest BCUT2D eigenvalue weighted by molar-refractivity contribution is 5.99. The molecule has 0 aliphatic carbocycles. The SMILES string of the molecule is CC(=N)OC(=N)c1ccc(-c2cc([C@H]3OC(CO)CC(O)C3O)ccc2C)c(C)c1. The van der Waals surface area contributed by atoms with Gasteiger partial charge in [0.05, 0.1) is 18.8 Å². The van der Waals surface area contributed by atoms with E-state index in [1.165, 1.54) is 6.92 Å². The van der Waals surface area contributed by atoms with Gasteiger partial charge in [0.15, 0.2) is 5.90 Å². The van der Waals surface area contributed by atoms with Gasteiger partial charge in [-0.25, -0.2) is 0 Å². The lowest BCUT2D eigenvalue weighted by Gasteiger charge is -2.37. The Morgan fingerprint density at radius 2 is 1.80 bits per heavy atom. The average molecular weight is 412 g/mol. The van der Waals surface area contributed by atoms with Gasteiger partial charge in [-0.05, 0) is 59.9 Å². The number of rotatable bonds is 4. The van der Waals surface area contributed by atoms with Crippen LogP contribution in [0.5, 0.6) is 0 Å². The quantitative estimate of drug-likeness (QED) is 0.390. The van der Waals surface area contributed by atoms with Crippen molar-refractivity contribution in [3.05, 3.63) is 58.7 Å². The zero-order valence-electron chi connectivity index (χ0n) is 17.3. The van der Waals surface area contributed by atoms with Crippen molar-refractivity contribution in [3.8, 4) is 11.1 Å². The Morgan fingerprint density at radius 3 is 2.43 bits per heavy atom. The number of hydrogen-bond donors (Lipinski definition) is 5. The van der Waals surface area contributed by atoms with E-state index in [-0.39, 0.29) is 24.8 Å². The van der Waals surface area contributed by atoms with E-state index in [9.17, 15) is 15.3 Å². The maximum atomic E-state index is 10.4. The second kappa shape index (κ2) is 9.06. The topological polar surface area (TPSA) is 127 Å². The summed E-state index contributed by atoms with van der Waals surface area (Å²) in [7, 11) is 0. The zero-order chi connectivity index (χ0) is 22.0.